The summed E-state index contributed by atoms with van der Waals surface area (Å²) in [7, 11) is 1.58. The van der Waals surface area contributed by atoms with Crippen molar-refractivity contribution in [3.8, 4) is 0 Å². The van der Waals surface area contributed by atoms with Crippen LogP contribution >= 0.6 is 11.6 Å². The van der Waals surface area contributed by atoms with Crippen LogP contribution in [0.2, 0.25) is 5.02 Å². The molecule has 3 heterocycles. The van der Waals surface area contributed by atoms with Gasteiger partial charge >= 0.3 is 0 Å². The van der Waals surface area contributed by atoms with Gasteiger partial charge in [-0.1, -0.05) is 35.9 Å². The fourth-order valence-corrected chi connectivity index (χ4v) is 5.47. The Morgan fingerprint density at radius 2 is 1.97 bits per heavy atom. The maximum absolute atomic E-state index is 13.8. The van der Waals surface area contributed by atoms with E-state index in [0.29, 0.717) is 30.2 Å². The number of imide groups is 1. The Hall–Kier alpha value is -2.77. The molecule has 0 spiro atoms. The topological polar surface area (TPSA) is 79.8 Å². The molecular weight excluding hydrogens is 454 g/mol. The number of methoxy groups -OCH3 is 1. The van der Waals surface area contributed by atoms with Crippen molar-refractivity contribution in [3.05, 3.63) is 64.9 Å². The number of amides is 3. The molecule has 2 atom stereocenters. The average molecular weight is 484 g/mol. The van der Waals surface area contributed by atoms with Crippen molar-refractivity contribution in [2.24, 2.45) is 0 Å². The average Bonchev–Trinajstić information content (AvgIpc) is 3.09. The largest absolute Gasteiger partial charge is 0.385 e. The van der Waals surface area contributed by atoms with Gasteiger partial charge in [-0.25, -0.2) is 0 Å². The van der Waals surface area contributed by atoms with Crippen molar-refractivity contribution in [2.75, 3.05) is 26.8 Å². The van der Waals surface area contributed by atoms with Gasteiger partial charge in [-0.15, -0.1) is 0 Å². The molecule has 0 bridgehead atoms. The minimum Gasteiger partial charge on any atom is -0.385 e. The molecule has 0 saturated carbocycles. The molecule has 2 fully saturated rings. The Labute approximate surface area is 205 Å². The summed E-state index contributed by atoms with van der Waals surface area (Å²) in [6.45, 7) is 1.29. The molecule has 2 saturated heterocycles. The number of benzene rings is 1. The predicted octanol–water partition coefficient (Wildman–Crippen LogP) is 3.91. The van der Waals surface area contributed by atoms with Crippen LogP contribution in [0.25, 0.3) is 0 Å². The van der Waals surface area contributed by atoms with E-state index in [9.17, 15) is 14.4 Å². The van der Waals surface area contributed by atoms with Gasteiger partial charge in [0.1, 0.15) is 0 Å². The summed E-state index contributed by atoms with van der Waals surface area (Å²) in [6.07, 6.45) is 4.80. The van der Waals surface area contributed by atoms with Crippen molar-refractivity contribution in [2.45, 2.75) is 50.0 Å². The van der Waals surface area contributed by atoms with Crippen molar-refractivity contribution in [3.63, 3.8) is 0 Å². The van der Waals surface area contributed by atoms with Crippen molar-refractivity contribution < 1.29 is 19.1 Å². The monoisotopic (exact) mass is 483 g/mol. The summed E-state index contributed by atoms with van der Waals surface area (Å²) in [5, 5.41) is 0.384. The number of hydrogen-bond donors (Lipinski definition) is 0. The zero-order valence-corrected chi connectivity index (χ0v) is 20.2. The maximum Gasteiger partial charge on any atom is 0.240 e. The van der Waals surface area contributed by atoms with Crippen LogP contribution in [0.1, 0.15) is 55.8 Å². The second-order valence-electron chi connectivity index (χ2n) is 8.97. The normalized spacial score (nSPS) is 22.9. The van der Waals surface area contributed by atoms with Gasteiger partial charge in [0.05, 0.1) is 17.2 Å². The van der Waals surface area contributed by atoms with E-state index >= 15 is 0 Å². The number of carbonyl (C=O) groups excluding carboxylic acids is 3. The Bertz CT molecular complexity index is 1050. The van der Waals surface area contributed by atoms with Crippen LogP contribution in [0.5, 0.6) is 0 Å². The van der Waals surface area contributed by atoms with Gasteiger partial charge < -0.3 is 9.64 Å². The van der Waals surface area contributed by atoms with Crippen LogP contribution in [0, 0.1) is 0 Å². The summed E-state index contributed by atoms with van der Waals surface area (Å²) in [5.41, 5.74) is 0.0625. The molecule has 0 unspecified atom stereocenters. The van der Waals surface area contributed by atoms with Gasteiger partial charge in [0.15, 0.2) is 0 Å². The summed E-state index contributed by atoms with van der Waals surface area (Å²) in [4.78, 5) is 48.2. The van der Waals surface area contributed by atoms with Gasteiger partial charge in [0.2, 0.25) is 17.7 Å². The first-order valence-corrected chi connectivity index (χ1v) is 12.1. The Morgan fingerprint density at radius 1 is 1.18 bits per heavy atom. The molecule has 0 aliphatic carbocycles. The van der Waals surface area contributed by atoms with E-state index in [1.165, 1.54) is 4.90 Å². The summed E-state index contributed by atoms with van der Waals surface area (Å²) >= 11 is 6.54. The zero-order chi connectivity index (χ0) is 24.1. The molecule has 8 heteroatoms. The van der Waals surface area contributed by atoms with Crippen molar-refractivity contribution >= 4 is 29.3 Å². The number of nitrogens with zero attached hydrogens (tertiary/aromatic N) is 3. The number of hydrogen-bond acceptors (Lipinski definition) is 5. The number of aromatic nitrogens is 1. The van der Waals surface area contributed by atoms with Crippen LogP contribution in [0.3, 0.4) is 0 Å². The smallest absolute Gasteiger partial charge is 0.240 e. The molecule has 0 N–H and O–H groups in total. The van der Waals surface area contributed by atoms with E-state index in [4.69, 9.17) is 16.3 Å². The van der Waals surface area contributed by atoms with E-state index in [-0.39, 0.29) is 43.1 Å². The molecule has 2 aromatic rings. The van der Waals surface area contributed by atoms with Crippen LogP contribution in [0.4, 0.5) is 0 Å². The molecule has 1 aromatic carbocycles. The first-order valence-electron chi connectivity index (χ1n) is 11.8. The fourth-order valence-electron chi connectivity index (χ4n) is 5.16. The first-order chi connectivity index (χ1) is 16.5. The number of rotatable bonds is 8. The molecule has 180 valence electrons. The lowest BCUT2D eigenvalue weighted by atomic mass is 9.75. The van der Waals surface area contributed by atoms with E-state index in [2.05, 4.69) is 4.98 Å². The molecular formula is C26H30ClN3O4. The second-order valence-corrected chi connectivity index (χ2v) is 9.37. The van der Waals surface area contributed by atoms with Crippen molar-refractivity contribution in [1.82, 2.24) is 14.8 Å². The van der Waals surface area contributed by atoms with E-state index in [0.717, 1.165) is 25.0 Å². The first kappa shape index (κ1) is 24.4. The van der Waals surface area contributed by atoms with Crippen LogP contribution < -0.4 is 0 Å². The lowest BCUT2D eigenvalue weighted by Crippen LogP contribution is -2.46. The third kappa shape index (κ3) is 4.72. The maximum atomic E-state index is 13.8. The fraction of sp³-hybridized carbons (Fsp3) is 0.462. The number of piperidine rings is 1. The van der Waals surface area contributed by atoms with Gasteiger partial charge in [-0.3, -0.25) is 24.3 Å². The standard InChI is InChI=1S/C26H30ClN3O4/c1-34-16-8-15-30-24(32)18-26(25(30)33,19-9-2-3-10-20(19)27)17-23(31)29-14-7-5-12-22(29)21-11-4-6-13-28-21/h2-4,6,9-11,13,22H,5,7-8,12,14-18H2,1H3/t22-,26+/m1/s1. The van der Waals surface area contributed by atoms with Crippen LogP contribution in [-0.2, 0) is 24.5 Å². The number of ether oxygens (including phenoxy) is 1. The minimum absolute atomic E-state index is 0.0730. The third-order valence-corrected chi connectivity index (χ3v) is 7.16. The summed E-state index contributed by atoms with van der Waals surface area (Å²) in [5.74, 6) is -0.801. The van der Waals surface area contributed by atoms with Gasteiger partial charge in [0, 0.05) is 50.9 Å². The van der Waals surface area contributed by atoms with Gasteiger partial charge in [-0.05, 0) is 49.4 Å². The molecule has 2 aliphatic rings. The Morgan fingerprint density at radius 3 is 2.71 bits per heavy atom. The number of halogens is 1. The minimum atomic E-state index is -1.31. The second kappa shape index (κ2) is 10.7. The molecule has 7 nitrogen and oxygen atoms in total. The zero-order valence-electron chi connectivity index (χ0n) is 19.4. The highest BCUT2D eigenvalue weighted by molar-refractivity contribution is 6.32. The molecule has 0 radical (unpaired) electrons. The molecule has 3 amide bonds. The summed E-state index contributed by atoms with van der Waals surface area (Å²) in [6, 6.07) is 12.6. The van der Waals surface area contributed by atoms with Gasteiger partial charge in [-0.2, -0.15) is 0 Å². The Balaban J connectivity index is 1.67. The predicted molar refractivity (Wildman–Crippen MR) is 128 cm³/mol. The van der Waals surface area contributed by atoms with E-state index < -0.39 is 5.41 Å². The lowest BCUT2D eigenvalue weighted by molar-refractivity contribution is -0.144. The SMILES string of the molecule is COCCCN1C(=O)C[C@@](CC(=O)N2CCCC[C@@H]2c2ccccn2)(c2ccccc2Cl)C1=O. The van der Waals surface area contributed by atoms with Gasteiger partial charge in [0.25, 0.3) is 0 Å². The highest BCUT2D eigenvalue weighted by atomic mass is 35.5. The Kier molecular flexibility index (Phi) is 7.63. The molecule has 4 rings (SSSR count). The van der Waals surface area contributed by atoms with Crippen LogP contribution in [0.15, 0.2) is 48.7 Å². The van der Waals surface area contributed by atoms with Crippen molar-refractivity contribution in [1.29, 1.82) is 0 Å². The number of pyridine rings is 1. The van der Waals surface area contributed by atoms with E-state index in [1.54, 1.807) is 37.6 Å². The summed E-state index contributed by atoms with van der Waals surface area (Å²) < 4.78 is 5.09. The lowest BCUT2D eigenvalue weighted by Gasteiger charge is -2.38. The number of carbonyl (C=O) groups is 3. The molecule has 2 aliphatic heterocycles. The molecule has 1 aromatic heterocycles. The number of likely N-dealkylation sites (tertiary alicyclic amines) is 2. The quantitative estimate of drug-likeness (QED) is 0.420. The highest BCUT2D eigenvalue weighted by Crippen LogP contribution is 2.44. The third-order valence-electron chi connectivity index (χ3n) is 6.83. The van der Waals surface area contributed by atoms with Crippen LogP contribution in [-0.4, -0.2) is 59.3 Å². The molecule has 34 heavy (non-hydrogen) atoms. The van der Waals surface area contributed by atoms with E-state index in [1.807, 2.05) is 23.1 Å². The highest BCUT2D eigenvalue weighted by Gasteiger charge is 2.55.